The number of hydrogen-bond donors (Lipinski definition) is 3. The van der Waals surface area contributed by atoms with E-state index in [0.29, 0.717) is 43.6 Å². The van der Waals surface area contributed by atoms with Crippen LogP contribution in [0.2, 0.25) is 0 Å². The molecule has 8 nitrogen and oxygen atoms in total. The molecule has 8 heteroatoms. The summed E-state index contributed by atoms with van der Waals surface area (Å²) >= 11 is 0. The van der Waals surface area contributed by atoms with Gasteiger partial charge in [0, 0.05) is 18.1 Å². The number of rotatable bonds is 7. The molecule has 0 unspecified atom stereocenters. The van der Waals surface area contributed by atoms with Crippen LogP contribution in [0.5, 0.6) is 0 Å². The van der Waals surface area contributed by atoms with Gasteiger partial charge in [-0.25, -0.2) is 0 Å². The maximum absolute atomic E-state index is 12.7. The van der Waals surface area contributed by atoms with E-state index in [1.807, 2.05) is 13.8 Å². The molecular formula is C33H48N2O6. The summed E-state index contributed by atoms with van der Waals surface area (Å²) in [4.78, 5) is 29.7. The number of aliphatic hydroxyl groups is 1. The lowest BCUT2D eigenvalue weighted by Crippen LogP contribution is -2.54. The van der Waals surface area contributed by atoms with Crippen LogP contribution in [0, 0.1) is 46.8 Å². The fourth-order valence-electron chi connectivity index (χ4n) is 9.46. The second-order valence-electron chi connectivity index (χ2n) is 14.5. The molecule has 3 N–H and O–H groups in total. The van der Waals surface area contributed by atoms with Gasteiger partial charge in [-0.15, -0.1) is 6.42 Å². The van der Waals surface area contributed by atoms with Gasteiger partial charge in [0.25, 0.3) is 5.91 Å². The van der Waals surface area contributed by atoms with Gasteiger partial charge in [0.2, 0.25) is 0 Å². The fraction of sp³-hybridized carbons (Fsp3) is 0.788. The maximum atomic E-state index is 12.7. The summed E-state index contributed by atoms with van der Waals surface area (Å²) in [6, 6.07) is -0.471. The molecule has 1 aliphatic heterocycles. The van der Waals surface area contributed by atoms with Crippen molar-refractivity contribution < 1.29 is 29.4 Å². The third kappa shape index (κ3) is 5.57. The first kappa shape index (κ1) is 30.1. The summed E-state index contributed by atoms with van der Waals surface area (Å²) in [6.07, 6.45) is 17.0. The van der Waals surface area contributed by atoms with E-state index in [4.69, 9.17) is 16.0 Å². The summed E-state index contributed by atoms with van der Waals surface area (Å²) in [5.74, 6) is 3.14. The SMILES string of the molecule is C#C[C@]1(O)CC[C@@H]2[C@H]3CCC4=C/C(=N/OCC(=O)N[C@H](CC(=O)O)[C@H]5CCOC(C)(C)C5)CC[C@]4(C)[C@H]3CC[C@@]21C. The van der Waals surface area contributed by atoms with Crippen LogP contribution in [0.3, 0.4) is 0 Å². The van der Waals surface area contributed by atoms with Gasteiger partial charge in [-0.2, -0.15) is 0 Å². The molecule has 1 amide bonds. The molecule has 3 saturated carbocycles. The highest BCUT2D eigenvalue weighted by Crippen LogP contribution is 2.67. The van der Waals surface area contributed by atoms with E-state index in [0.717, 1.165) is 50.7 Å². The van der Waals surface area contributed by atoms with Gasteiger partial charge in [0.05, 0.1) is 17.7 Å². The van der Waals surface area contributed by atoms with Crippen molar-refractivity contribution in [2.24, 2.45) is 39.7 Å². The molecule has 41 heavy (non-hydrogen) atoms. The highest BCUT2D eigenvalue weighted by molar-refractivity contribution is 5.96. The topological polar surface area (TPSA) is 117 Å². The normalized spacial score (nSPS) is 41.2. The zero-order chi connectivity index (χ0) is 29.6. The molecule has 8 atom stereocenters. The van der Waals surface area contributed by atoms with Crippen LogP contribution in [0.15, 0.2) is 16.8 Å². The largest absolute Gasteiger partial charge is 0.481 e. The second kappa shape index (κ2) is 11.0. The predicted molar refractivity (Wildman–Crippen MR) is 156 cm³/mol. The summed E-state index contributed by atoms with van der Waals surface area (Å²) in [5.41, 5.74) is 0.883. The van der Waals surface area contributed by atoms with Crippen LogP contribution in [0.1, 0.15) is 98.3 Å². The lowest BCUT2D eigenvalue weighted by molar-refractivity contribution is -0.139. The predicted octanol–water partition coefficient (Wildman–Crippen LogP) is 4.85. The summed E-state index contributed by atoms with van der Waals surface area (Å²) in [7, 11) is 0. The van der Waals surface area contributed by atoms with Crippen LogP contribution in [0.4, 0.5) is 0 Å². The number of allylic oxidation sites excluding steroid dienone is 2. The van der Waals surface area contributed by atoms with Crippen molar-refractivity contribution in [1.82, 2.24) is 5.32 Å². The smallest absolute Gasteiger partial charge is 0.305 e. The van der Waals surface area contributed by atoms with Crippen LogP contribution >= 0.6 is 0 Å². The minimum atomic E-state index is -0.981. The number of oxime groups is 1. The van der Waals surface area contributed by atoms with Crippen molar-refractivity contribution in [3.63, 3.8) is 0 Å². The van der Waals surface area contributed by atoms with E-state index in [1.165, 1.54) is 5.57 Å². The average molecular weight is 569 g/mol. The van der Waals surface area contributed by atoms with Crippen LogP contribution < -0.4 is 5.32 Å². The fourth-order valence-corrected chi connectivity index (χ4v) is 9.46. The molecule has 5 rings (SSSR count). The molecule has 0 radical (unpaired) electrons. The van der Waals surface area contributed by atoms with Crippen molar-refractivity contribution in [3.8, 4) is 12.3 Å². The number of ether oxygens (including phenoxy) is 1. The standard InChI is InChI=1S/C33H48N2O6/c1-6-33(39)15-11-26-24-8-7-22-17-23(9-13-31(22,4)25(24)10-14-32(26,33)5)35-41-20-28(36)34-27(18-29(37)38)21-12-16-40-30(2,3)19-21/h1,17,21,24-27,39H,7-16,18-20H2,2-5H3,(H,34,36)(H,37,38)/b35-23+/t21-,24-,25-,26+,27+,31-,32-,33-/m0/s1. The van der Waals surface area contributed by atoms with E-state index in [1.54, 1.807) is 0 Å². The number of amides is 1. The average Bonchev–Trinajstić information content (AvgIpc) is 3.18. The number of carboxylic acids is 1. The Morgan fingerprint density at radius 3 is 2.61 bits per heavy atom. The molecule has 0 aromatic carbocycles. The molecule has 0 spiro atoms. The monoisotopic (exact) mass is 568 g/mol. The number of terminal acetylenes is 1. The highest BCUT2D eigenvalue weighted by Gasteiger charge is 2.63. The lowest BCUT2D eigenvalue weighted by atomic mass is 9.46. The Balaban J connectivity index is 1.19. The number of fused-ring (bicyclic) bond motifs is 5. The zero-order valence-corrected chi connectivity index (χ0v) is 25.2. The molecule has 226 valence electrons. The maximum Gasteiger partial charge on any atom is 0.305 e. The molecular weight excluding hydrogens is 520 g/mol. The first-order valence-electron chi connectivity index (χ1n) is 15.6. The number of aliphatic carboxylic acids is 1. The minimum absolute atomic E-state index is 0.0308. The van der Waals surface area contributed by atoms with Crippen LogP contribution in [0.25, 0.3) is 0 Å². The third-order valence-corrected chi connectivity index (χ3v) is 11.8. The van der Waals surface area contributed by atoms with Crippen LogP contribution in [-0.4, -0.2) is 58.3 Å². The summed E-state index contributed by atoms with van der Waals surface area (Å²) < 4.78 is 5.77. The van der Waals surface area contributed by atoms with Crippen molar-refractivity contribution in [2.45, 2.75) is 116 Å². The first-order chi connectivity index (χ1) is 19.3. The van der Waals surface area contributed by atoms with Gasteiger partial charge in [-0.1, -0.05) is 30.5 Å². The second-order valence-corrected chi connectivity index (χ2v) is 14.5. The molecule has 0 aromatic rings. The Bertz CT molecular complexity index is 1150. The van der Waals surface area contributed by atoms with Crippen molar-refractivity contribution in [2.75, 3.05) is 13.2 Å². The van der Waals surface area contributed by atoms with Gasteiger partial charge in [-0.05, 0) is 113 Å². The molecule has 4 aliphatic carbocycles. The van der Waals surface area contributed by atoms with Gasteiger partial charge in [0.1, 0.15) is 5.60 Å². The Labute approximate surface area is 244 Å². The van der Waals surface area contributed by atoms with Crippen LogP contribution in [-0.2, 0) is 19.2 Å². The van der Waals surface area contributed by atoms with E-state index in [-0.39, 0.29) is 41.3 Å². The lowest BCUT2D eigenvalue weighted by Gasteiger charge is -2.58. The number of carbonyl (C=O) groups is 2. The molecule has 1 saturated heterocycles. The van der Waals surface area contributed by atoms with Crippen molar-refractivity contribution >= 4 is 17.6 Å². The number of nitrogens with zero attached hydrogens (tertiary/aromatic N) is 1. The van der Waals surface area contributed by atoms with Gasteiger partial charge < -0.3 is 25.1 Å². The quantitative estimate of drug-likeness (QED) is 0.299. The summed E-state index contributed by atoms with van der Waals surface area (Å²) in [5, 5.41) is 27.9. The van der Waals surface area contributed by atoms with E-state index < -0.39 is 17.6 Å². The molecule has 5 aliphatic rings. The summed E-state index contributed by atoms with van der Waals surface area (Å²) in [6.45, 7) is 8.93. The molecule has 4 fully saturated rings. The van der Waals surface area contributed by atoms with Gasteiger partial charge in [-0.3, -0.25) is 9.59 Å². The van der Waals surface area contributed by atoms with Gasteiger partial charge in [0.15, 0.2) is 6.61 Å². The Kier molecular flexibility index (Phi) is 8.10. The molecule has 1 heterocycles. The number of carbonyl (C=O) groups excluding carboxylic acids is 1. The number of hydrogen-bond acceptors (Lipinski definition) is 6. The van der Waals surface area contributed by atoms with Crippen molar-refractivity contribution in [1.29, 1.82) is 0 Å². The first-order valence-corrected chi connectivity index (χ1v) is 15.6. The third-order valence-electron chi connectivity index (χ3n) is 11.8. The zero-order valence-electron chi connectivity index (χ0n) is 25.2. The molecule has 0 aromatic heterocycles. The molecule has 0 bridgehead atoms. The number of carboxylic acid groups (broad SMARTS) is 1. The highest BCUT2D eigenvalue weighted by atomic mass is 16.6. The van der Waals surface area contributed by atoms with Crippen molar-refractivity contribution in [3.05, 3.63) is 11.6 Å². The Morgan fingerprint density at radius 2 is 1.90 bits per heavy atom. The Hall–Kier alpha value is -2.37. The van der Waals surface area contributed by atoms with Gasteiger partial charge >= 0.3 is 5.97 Å². The van der Waals surface area contributed by atoms with E-state index in [2.05, 4.69) is 36.3 Å². The van der Waals surface area contributed by atoms with E-state index in [9.17, 15) is 19.8 Å². The number of nitrogens with one attached hydrogen (secondary N) is 1. The Morgan fingerprint density at radius 1 is 1.15 bits per heavy atom. The minimum Gasteiger partial charge on any atom is -0.481 e. The van der Waals surface area contributed by atoms with E-state index >= 15 is 0 Å².